The maximum Gasteiger partial charge on any atom is 0.253 e. The third-order valence-corrected chi connectivity index (χ3v) is 8.36. The molecule has 5 rings (SSSR count). The molecular formula is C29H28Cl2F2N2O. The number of hydrogen-bond acceptors (Lipinski definition) is 2. The molecular weight excluding hydrogens is 501 g/mol. The second kappa shape index (κ2) is 10.9. The monoisotopic (exact) mass is 528 g/mol. The summed E-state index contributed by atoms with van der Waals surface area (Å²) in [5.41, 5.74) is 2.58. The zero-order chi connectivity index (χ0) is 25.2. The average Bonchev–Trinajstić information content (AvgIpc) is 3.31. The van der Waals surface area contributed by atoms with E-state index in [0.717, 1.165) is 38.0 Å². The Morgan fingerprint density at radius 1 is 0.833 bits per heavy atom. The SMILES string of the molecule is O=C(c1ccc(Cl)c(Cl)c1)N1CC(CN2CCC(c3ccccc3)CC2)C(c2ccc(F)c(F)c2)C1. The summed E-state index contributed by atoms with van der Waals surface area (Å²) in [6, 6.07) is 19.6. The normalized spacial score (nSPS) is 21.2. The van der Waals surface area contributed by atoms with Gasteiger partial charge in [-0.3, -0.25) is 4.79 Å². The van der Waals surface area contributed by atoms with E-state index >= 15 is 0 Å². The topological polar surface area (TPSA) is 23.6 Å². The average molecular weight is 529 g/mol. The van der Waals surface area contributed by atoms with Crippen molar-refractivity contribution in [1.82, 2.24) is 9.80 Å². The summed E-state index contributed by atoms with van der Waals surface area (Å²) in [5, 5.41) is 0.725. The zero-order valence-corrected chi connectivity index (χ0v) is 21.4. The van der Waals surface area contributed by atoms with Gasteiger partial charge in [0.05, 0.1) is 10.0 Å². The highest BCUT2D eigenvalue weighted by atomic mass is 35.5. The quantitative estimate of drug-likeness (QED) is 0.355. The fourth-order valence-electron chi connectivity index (χ4n) is 5.66. The summed E-state index contributed by atoms with van der Waals surface area (Å²) in [7, 11) is 0. The van der Waals surface area contributed by atoms with Crippen LogP contribution in [0.4, 0.5) is 8.78 Å². The molecule has 2 aliphatic rings. The molecule has 0 bridgehead atoms. The molecule has 2 unspecified atom stereocenters. The summed E-state index contributed by atoms with van der Waals surface area (Å²) in [4.78, 5) is 17.6. The molecule has 0 spiro atoms. The van der Waals surface area contributed by atoms with E-state index in [1.54, 1.807) is 29.2 Å². The van der Waals surface area contributed by atoms with Gasteiger partial charge >= 0.3 is 0 Å². The first-order chi connectivity index (χ1) is 17.4. The van der Waals surface area contributed by atoms with Crippen LogP contribution in [-0.4, -0.2) is 48.4 Å². The van der Waals surface area contributed by atoms with E-state index in [4.69, 9.17) is 23.2 Å². The summed E-state index contributed by atoms with van der Waals surface area (Å²) < 4.78 is 27.8. The molecule has 1 amide bonds. The predicted octanol–water partition coefficient (Wildman–Crippen LogP) is 7.01. The van der Waals surface area contributed by atoms with Crippen LogP contribution >= 0.6 is 23.2 Å². The minimum Gasteiger partial charge on any atom is -0.338 e. The third-order valence-electron chi connectivity index (χ3n) is 7.62. The van der Waals surface area contributed by atoms with E-state index < -0.39 is 11.6 Å². The molecule has 2 aliphatic heterocycles. The van der Waals surface area contributed by atoms with Crippen LogP contribution in [0.2, 0.25) is 10.0 Å². The Balaban J connectivity index is 1.32. The number of halogens is 4. The zero-order valence-electron chi connectivity index (χ0n) is 19.8. The smallest absolute Gasteiger partial charge is 0.253 e. The van der Waals surface area contributed by atoms with Gasteiger partial charge in [-0.05, 0) is 79.2 Å². The van der Waals surface area contributed by atoms with Crippen molar-refractivity contribution in [2.75, 3.05) is 32.7 Å². The van der Waals surface area contributed by atoms with Crippen LogP contribution in [0, 0.1) is 17.6 Å². The maximum absolute atomic E-state index is 14.1. The number of benzene rings is 3. The summed E-state index contributed by atoms with van der Waals surface area (Å²) in [6.45, 7) is 3.73. The molecule has 0 N–H and O–H groups in total. The van der Waals surface area contributed by atoms with Gasteiger partial charge in [-0.25, -0.2) is 8.78 Å². The Kier molecular flexibility index (Phi) is 7.61. The molecule has 7 heteroatoms. The first kappa shape index (κ1) is 25.2. The van der Waals surface area contributed by atoms with Crippen molar-refractivity contribution in [2.45, 2.75) is 24.7 Å². The van der Waals surface area contributed by atoms with Gasteiger partial charge in [0, 0.05) is 31.1 Å². The number of piperidine rings is 1. The molecule has 2 heterocycles. The molecule has 2 atom stereocenters. The first-order valence-corrected chi connectivity index (χ1v) is 13.1. The second-order valence-electron chi connectivity index (χ2n) is 9.86. The fourth-order valence-corrected chi connectivity index (χ4v) is 5.96. The van der Waals surface area contributed by atoms with Crippen LogP contribution in [0.25, 0.3) is 0 Å². The summed E-state index contributed by atoms with van der Waals surface area (Å²) in [5.74, 6) is -1.27. The Morgan fingerprint density at radius 3 is 2.28 bits per heavy atom. The van der Waals surface area contributed by atoms with Gasteiger partial charge in [0.1, 0.15) is 0 Å². The lowest BCUT2D eigenvalue weighted by molar-refractivity contribution is 0.0781. The van der Waals surface area contributed by atoms with E-state index in [-0.39, 0.29) is 17.7 Å². The van der Waals surface area contributed by atoms with Crippen molar-refractivity contribution in [2.24, 2.45) is 5.92 Å². The van der Waals surface area contributed by atoms with Gasteiger partial charge < -0.3 is 9.80 Å². The van der Waals surface area contributed by atoms with Gasteiger partial charge in [-0.15, -0.1) is 0 Å². The summed E-state index contributed by atoms with van der Waals surface area (Å²) >= 11 is 12.2. The van der Waals surface area contributed by atoms with Crippen LogP contribution in [0.5, 0.6) is 0 Å². The molecule has 0 radical (unpaired) electrons. The molecule has 3 aromatic carbocycles. The predicted molar refractivity (Wildman–Crippen MR) is 140 cm³/mol. The highest BCUT2D eigenvalue weighted by Gasteiger charge is 2.38. The lowest BCUT2D eigenvalue weighted by atomic mass is 9.86. The van der Waals surface area contributed by atoms with Crippen molar-refractivity contribution in [3.05, 3.63) is 105 Å². The van der Waals surface area contributed by atoms with E-state index in [1.165, 1.54) is 17.7 Å². The van der Waals surface area contributed by atoms with Crippen molar-refractivity contribution < 1.29 is 13.6 Å². The molecule has 0 aliphatic carbocycles. The number of hydrogen-bond donors (Lipinski definition) is 0. The van der Waals surface area contributed by atoms with Crippen molar-refractivity contribution in [1.29, 1.82) is 0 Å². The lowest BCUT2D eigenvalue weighted by Crippen LogP contribution is -2.38. The minimum atomic E-state index is -0.861. The number of nitrogens with zero attached hydrogens (tertiary/aromatic N) is 2. The molecule has 0 aromatic heterocycles. The molecule has 2 fully saturated rings. The largest absolute Gasteiger partial charge is 0.338 e. The van der Waals surface area contributed by atoms with Crippen molar-refractivity contribution in [3.63, 3.8) is 0 Å². The number of carbonyl (C=O) groups excluding carboxylic acids is 1. The lowest BCUT2D eigenvalue weighted by Gasteiger charge is -2.34. The fraction of sp³-hybridized carbons (Fsp3) is 0.345. The number of likely N-dealkylation sites (tertiary alicyclic amines) is 2. The van der Waals surface area contributed by atoms with E-state index in [0.29, 0.717) is 34.6 Å². The number of carbonyl (C=O) groups is 1. The highest BCUT2D eigenvalue weighted by molar-refractivity contribution is 6.42. The second-order valence-corrected chi connectivity index (χ2v) is 10.7. The third kappa shape index (κ3) is 5.44. The summed E-state index contributed by atoms with van der Waals surface area (Å²) in [6.07, 6.45) is 2.16. The highest BCUT2D eigenvalue weighted by Crippen LogP contribution is 2.37. The number of rotatable bonds is 5. The van der Waals surface area contributed by atoms with Crippen LogP contribution in [-0.2, 0) is 0 Å². The Bertz CT molecular complexity index is 1230. The Hall–Kier alpha value is -2.47. The standard InChI is InChI=1S/C29H28Cl2F2N2O/c30-25-8-6-22(14-26(25)31)29(36)35-17-23(24(18-35)21-7-9-27(32)28(33)15-21)16-34-12-10-20(11-13-34)19-4-2-1-3-5-19/h1-9,14-15,20,23-24H,10-13,16-18H2. The molecule has 0 saturated carbocycles. The van der Waals surface area contributed by atoms with Crippen LogP contribution in [0.15, 0.2) is 66.7 Å². The van der Waals surface area contributed by atoms with Gasteiger partial charge in [0.15, 0.2) is 11.6 Å². The van der Waals surface area contributed by atoms with Crippen LogP contribution < -0.4 is 0 Å². The van der Waals surface area contributed by atoms with Crippen molar-refractivity contribution in [3.8, 4) is 0 Å². The molecule has 3 nitrogen and oxygen atoms in total. The van der Waals surface area contributed by atoms with E-state index in [9.17, 15) is 13.6 Å². The van der Waals surface area contributed by atoms with Gasteiger partial charge in [0.25, 0.3) is 5.91 Å². The van der Waals surface area contributed by atoms with Gasteiger partial charge in [-0.1, -0.05) is 59.6 Å². The Morgan fingerprint density at radius 2 is 1.58 bits per heavy atom. The molecule has 3 aromatic rings. The van der Waals surface area contributed by atoms with Crippen LogP contribution in [0.1, 0.15) is 46.2 Å². The van der Waals surface area contributed by atoms with Gasteiger partial charge in [-0.2, -0.15) is 0 Å². The first-order valence-electron chi connectivity index (χ1n) is 12.4. The molecule has 188 valence electrons. The molecule has 36 heavy (non-hydrogen) atoms. The molecule has 2 saturated heterocycles. The maximum atomic E-state index is 14.1. The van der Waals surface area contributed by atoms with Gasteiger partial charge in [0.2, 0.25) is 0 Å². The number of amides is 1. The van der Waals surface area contributed by atoms with E-state index in [1.807, 2.05) is 6.07 Å². The minimum absolute atomic E-state index is 0.0846. The van der Waals surface area contributed by atoms with Crippen molar-refractivity contribution >= 4 is 29.1 Å². The van der Waals surface area contributed by atoms with Crippen LogP contribution in [0.3, 0.4) is 0 Å². The Labute approximate surface area is 220 Å². The van der Waals surface area contributed by atoms with E-state index in [2.05, 4.69) is 29.2 Å².